The molecule has 2 aromatic carbocycles. The fourth-order valence-electron chi connectivity index (χ4n) is 2.88. The first kappa shape index (κ1) is 19.8. The van der Waals surface area contributed by atoms with Gasteiger partial charge in [0.15, 0.2) is 5.13 Å². The maximum absolute atomic E-state index is 13.8. The quantitative estimate of drug-likeness (QED) is 0.465. The van der Waals surface area contributed by atoms with Crippen LogP contribution in [0.4, 0.5) is 9.52 Å². The van der Waals surface area contributed by atoms with Gasteiger partial charge in [0, 0.05) is 29.5 Å². The van der Waals surface area contributed by atoms with Crippen molar-refractivity contribution in [3.8, 4) is 11.4 Å². The summed E-state index contributed by atoms with van der Waals surface area (Å²) in [7, 11) is 0. The number of amides is 1. The van der Waals surface area contributed by atoms with Crippen molar-refractivity contribution in [2.75, 3.05) is 5.32 Å². The number of aryl methyl sites for hydroxylation is 1. The summed E-state index contributed by atoms with van der Waals surface area (Å²) in [4.78, 5) is 18.8. The molecule has 152 valence electrons. The molecule has 1 amide bonds. The van der Waals surface area contributed by atoms with Crippen LogP contribution >= 0.6 is 11.3 Å². The van der Waals surface area contributed by atoms with Gasteiger partial charge < -0.3 is 5.32 Å². The first-order valence-electron chi connectivity index (χ1n) is 9.48. The molecule has 0 unspecified atom stereocenters. The molecule has 0 saturated carbocycles. The number of rotatable bonds is 8. The summed E-state index contributed by atoms with van der Waals surface area (Å²) in [5.41, 5.74) is 1.51. The second-order valence-corrected chi connectivity index (χ2v) is 7.74. The molecule has 30 heavy (non-hydrogen) atoms. The average Bonchev–Trinajstić information content (AvgIpc) is 3.40. The van der Waals surface area contributed by atoms with Crippen molar-refractivity contribution in [1.82, 2.24) is 25.2 Å². The Bertz CT molecular complexity index is 1130. The van der Waals surface area contributed by atoms with Gasteiger partial charge in [0.1, 0.15) is 5.82 Å². The third-order valence-corrected chi connectivity index (χ3v) is 5.28. The minimum atomic E-state index is -0.242. The van der Waals surface area contributed by atoms with Crippen LogP contribution < -0.4 is 5.32 Å². The van der Waals surface area contributed by atoms with E-state index in [1.807, 2.05) is 30.3 Å². The van der Waals surface area contributed by atoms with Crippen molar-refractivity contribution >= 4 is 22.4 Å². The van der Waals surface area contributed by atoms with Gasteiger partial charge in [0.05, 0.1) is 6.54 Å². The van der Waals surface area contributed by atoms with Crippen molar-refractivity contribution in [3.63, 3.8) is 0 Å². The van der Waals surface area contributed by atoms with Crippen LogP contribution in [-0.4, -0.2) is 31.1 Å². The van der Waals surface area contributed by atoms with Gasteiger partial charge in [-0.2, -0.15) is 4.80 Å². The Morgan fingerprint density at radius 1 is 1.10 bits per heavy atom. The Kier molecular flexibility index (Phi) is 6.19. The molecule has 0 spiro atoms. The van der Waals surface area contributed by atoms with Gasteiger partial charge in [0.25, 0.3) is 0 Å². The summed E-state index contributed by atoms with van der Waals surface area (Å²) in [5, 5.41) is 15.7. The normalized spacial score (nSPS) is 10.8. The lowest BCUT2D eigenvalue weighted by Crippen LogP contribution is -2.13. The van der Waals surface area contributed by atoms with E-state index in [9.17, 15) is 9.18 Å². The molecule has 0 bridgehead atoms. The van der Waals surface area contributed by atoms with Crippen LogP contribution in [0.15, 0.2) is 60.8 Å². The smallest absolute Gasteiger partial charge is 0.226 e. The van der Waals surface area contributed by atoms with E-state index in [1.54, 1.807) is 24.4 Å². The molecule has 2 aromatic heterocycles. The second-order valence-electron chi connectivity index (χ2n) is 6.63. The Hall–Kier alpha value is -3.46. The summed E-state index contributed by atoms with van der Waals surface area (Å²) in [6.45, 7) is 0.490. The van der Waals surface area contributed by atoms with Crippen molar-refractivity contribution in [2.24, 2.45) is 0 Å². The Morgan fingerprint density at radius 3 is 2.73 bits per heavy atom. The molecule has 0 aliphatic heterocycles. The van der Waals surface area contributed by atoms with Gasteiger partial charge >= 0.3 is 0 Å². The highest BCUT2D eigenvalue weighted by atomic mass is 32.1. The number of hydrogen-bond acceptors (Lipinski definition) is 6. The number of benzene rings is 2. The van der Waals surface area contributed by atoms with E-state index in [-0.39, 0.29) is 11.7 Å². The first-order chi connectivity index (χ1) is 14.7. The van der Waals surface area contributed by atoms with E-state index in [0.29, 0.717) is 42.3 Å². The summed E-state index contributed by atoms with van der Waals surface area (Å²) in [6.07, 6.45) is 2.99. The number of carbonyl (C=O) groups excluding carboxylic acids is 1. The topological polar surface area (TPSA) is 85.6 Å². The number of hydrogen-bond donors (Lipinski definition) is 1. The maximum atomic E-state index is 13.8. The number of halogens is 1. The molecule has 4 aromatic rings. The third kappa shape index (κ3) is 5.12. The van der Waals surface area contributed by atoms with Crippen molar-refractivity contribution in [2.45, 2.75) is 25.8 Å². The van der Waals surface area contributed by atoms with Crippen LogP contribution in [0.1, 0.15) is 23.3 Å². The zero-order chi connectivity index (χ0) is 20.8. The number of tetrazole rings is 1. The number of anilines is 1. The largest absolute Gasteiger partial charge is 0.302 e. The molecule has 7 nitrogen and oxygen atoms in total. The average molecular weight is 422 g/mol. The van der Waals surface area contributed by atoms with E-state index in [2.05, 4.69) is 25.7 Å². The van der Waals surface area contributed by atoms with Crippen LogP contribution in [0.2, 0.25) is 0 Å². The van der Waals surface area contributed by atoms with E-state index < -0.39 is 0 Å². The highest BCUT2D eigenvalue weighted by molar-refractivity contribution is 7.15. The zero-order valence-electron chi connectivity index (χ0n) is 16.0. The minimum Gasteiger partial charge on any atom is -0.302 e. The molecule has 0 aliphatic rings. The van der Waals surface area contributed by atoms with Gasteiger partial charge in [0.2, 0.25) is 11.7 Å². The highest BCUT2D eigenvalue weighted by Crippen LogP contribution is 2.22. The van der Waals surface area contributed by atoms with E-state index in [0.717, 1.165) is 10.4 Å². The van der Waals surface area contributed by atoms with Crippen molar-refractivity contribution in [1.29, 1.82) is 0 Å². The molecular formula is C21H19FN6OS. The van der Waals surface area contributed by atoms with Crippen molar-refractivity contribution < 1.29 is 9.18 Å². The predicted octanol–water partition coefficient (Wildman–Crippen LogP) is 3.95. The Balaban J connectivity index is 1.24. The highest BCUT2D eigenvalue weighted by Gasteiger charge is 2.10. The van der Waals surface area contributed by atoms with Crippen LogP contribution in [0.5, 0.6) is 0 Å². The lowest BCUT2D eigenvalue weighted by Gasteiger charge is -2.01. The van der Waals surface area contributed by atoms with E-state index in [4.69, 9.17) is 0 Å². The molecule has 0 fully saturated rings. The Morgan fingerprint density at radius 2 is 1.90 bits per heavy atom. The number of nitrogens with zero attached hydrogens (tertiary/aromatic N) is 5. The summed E-state index contributed by atoms with van der Waals surface area (Å²) in [6, 6.07) is 16.2. The lowest BCUT2D eigenvalue weighted by atomic mass is 10.1. The zero-order valence-corrected chi connectivity index (χ0v) is 16.8. The molecular weight excluding hydrogens is 403 g/mol. The minimum absolute atomic E-state index is 0.134. The van der Waals surface area contributed by atoms with E-state index >= 15 is 0 Å². The second kappa shape index (κ2) is 9.36. The molecule has 1 N–H and O–H groups in total. The number of nitrogens with one attached hydrogen (secondary N) is 1. The monoisotopic (exact) mass is 422 g/mol. The summed E-state index contributed by atoms with van der Waals surface area (Å²) in [5.74, 6) is 0.184. The molecule has 0 atom stereocenters. The molecule has 4 rings (SSSR count). The van der Waals surface area contributed by atoms with Gasteiger partial charge in [-0.1, -0.05) is 48.5 Å². The standard InChI is InChI=1S/C21H19FN6OS/c22-18-10-5-4-9-16(18)13-17-14-23-21(30-17)24-19(29)11-6-12-28-26-20(25-27-28)15-7-2-1-3-8-15/h1-5,7-10,14H,6,11-13H2,(H,23,24,29). The molecule has 0 aliphatic carbocycles. The molecule has 0 radical (unpaired) electrons. The fraction of sp³-hybridized carbons (Fsp3) is 0.190. The summed E-state index contributed by atoms with van der Waals surface area (Å²) < 4.78 is 13.8. The lowest BCUT2D eigenvalue weighted by molar-refractivity contribution is -0.116. The van der Waals surface area contributed by atoms with E-state index in [1.165, 1.54) is 22.2 Å². The maximum Gasteiger partial charge on any atom is 0.226 e. The van der Waals surface area contributed by atoms with Gasteiger partial charge in [-0.3, -0.25) is 4.79 Å². The number of thiazole rings is 1. The van der Waals surface area contributed by atoms with Crippen LogP contribution in [0.3, 0.4) is 0 Å². The van der Waals surface area contributed by atoms with Gasteiger partial charge in [-0.05, 0) is 23.3 Å². The molecule has 2 heterocycles. The van der Waals surface area contributed by atoms with Gasteiger partial charge in [-0.15, -0.1) is 21.5 Å². The number of aromatic nitrogens is 5. The first-order valence-corrected chi connectivity index (χ1v) is 10.3. The van der Waals surface area contributed by atoms with Crippen LogP contribution in [-0.2, 0) is 17.8 Å². The van der Waals surface area contributed by atoms with Crippen molar-refractivity contribution in [3.05, 3.63) is 77.1 Å². The predicted molar refractivity (Wildman–Crippen MR) is 112 cm³/mol. The fourth-order valence-corrected chi connectivity index (χ4v) is 3.73. The summed E-state index contributed by atoms with van der Waals surface area (Å²) >= 11 is 1.35. The molecule has 9 heteroatoms. The SMILES string of the molecule is O=C(CCCn1nnc(-c2ccccc2)n1)Nc1ncc(Cc2ccccc2F)s1. The Labute approximate surface area is 176 Å². The van der Waals surface area contributed by atoms with Crippen LogP contribution in [0.25, 0.3) is 11.4 Å². The van der Waals surface area contributed by atoms with Crippen LogP contribution in [0, 0.1) is 5.82 Å². The number of carbonyl (C=O) groups is 1. The van der Waals surface area contributed by atoms with Gasteiger partial charge in [-0.25, -0.2) is 9.37 Å². The third-order valence-electron chi connectivity index (χ3n) is 4.37. The molecule has 0 saturated heterocycles.